The first-order valence-electron chi connectivity index (χ1n) is 8.08. The fraction of sp³-hybridized carbons (Fsp3) is 0.647. The minimum atomic E-state index is 0.763. The number of piperidine rings is 1. The summed E-state index contributed by atoms with van der Waals surface area (Å²) in [5, 5.41) is 0. The van der Waals surface area contributed by atoms with Gasteiger partial charge in [0.1, 0.15) is 0 Å². The Bertz CT molecular complexity index is 458. The summed E-state index contributed by atoms with van der Waals surface area (Å²) in [6, 6.07) is 7.14. The lowest BCUT2D eigenvalue weighted by atomic mass is 9.97. The minimum absolute atomic E-state index is 0.763. The molecule has 1 saturated heterocycles. The van der Waals surface area contributed by atoms with Crippen molar-refractivity contribution in [1.29, 1.82) is 0 Å². The molecule has 0 bridgehead atoms. The highest BCUT2D eigenvalue weighted by molar-refractivity contribution is 5.72. The molecule has 20 heavy (non-hydrogen) atoms. The Kier molecular flexibility index (Phi) is 4.16. The average Bonchev–Trinajstić information content (AvgIpc) is 2.46. The molecule has 3 rings (SSSR count). The predicted octanol–water partition coefficient (Wildman–Crippen LogP) is 2.90. The van der Waals surface area contributed by atoms with Crippen molar-refractivity contribution < 1.29 is 0 Å². The molecular formula is C17H27N3. The Morgan fingerprint density at radius 2 is 2.10 bits per heavy atom. The van der Waals surface area contributed by atoms with Gasteiger partial charge in [0.15, 0.2) is 0 Å². The first-order chi connectivity index (χ1) is 9.75. The molecule has 1 atom stereocenters. The standard InChI is InChI=1S/C17H27N3/c1-19-11-3-2-8-15(19)10-13-20-12-5-7-14-6-4-9-16(18)17(14)20/h4,6,9,15H,2-3,5,7-8,10-13,18H2,1H3. The Hall–Kier alpha value is -1.22. The zero-order valence-corrected chi connectivity index (χ0v) is 12.6. The van der Waals surface area contributed by atoms with Gasteiger partial charge in [-0.3, -0.25) is 0 Å². The minimum Gasteiger partial charge on any atom is -0.397 e. The van der Waals surface area contributed by atoms with Gasteiger partial charge in [0, 0.05) is 19.1 Å². The molecule has 2 aliphatic heterocycles. The normalized spacial score (nSPS) is 23.6. The number of rotatable bonds is 3. The molecule has 1 fully saturated rings. The second-order valence-corrected chi connectivity index (χ2v) is 6.36. The lowest BCUT2D eigenvalue weighted by molar-refractivity contribution is 0.177. The van der Waals surface area contributed by atoms with Crippen molar-refractivity contribution in [2.45, 2.75) is 44.6 Å². The number of hydrogen-bond donors (Lipinski definition) is 1. The molecule has 0 spiro atoms. The molecule has 2 heterocycles. The van der Waals surface area contributed by atoms with Crippen molar-refractivity contribution >= 4 is 11.4 Å². The number of nitrogens with two attached hydrogens (primary N) is 1. The molecule has 0 radical (unpaired) electrons. The molecule has 0 aliphatic carbocycles. The van der Waals surface area contributed by atoms with Crippen LogP contribution in [0.4, 0.5) is 11.4 Å². The molecule has 2 N–H and O–H groups in total. The zero-order valence-electron chi connectivity index (χ0n) is 12.6. The predicted molar refractivity (Wildman–Crippen MR) is 86.3 cm³/mol. The summed E-state index contributed by atoms with van der Waals surface area (Å²) in [7, 11) is 2.28. The zero-order chi connectivity index (χ0) is 13.9. The van der Waals surface area contributed by atoms with Gasteiger partial charge in [-0.15, -0.1) is 0 Å². The van der Waals surface area contributed by atoms with Crippen LogP contribution in [-0.4, -0.2) is 37.6 Å². The molecule has 1 unspecified atom stereocenters. The van der Waals surface area contributed by atoms with Crippen LogP contribution in [0.15, 0.2) is 18.2 Å². The third kappa shape index (κ3) is 2.78. The number of fused-ring (bicyclic) bond motifs is 1. The lowest BCUT2D eigenvalue weighted by Gasteiger charge is -2.37. The van der Waals surface area contributed by atoms with Gasteiger partial charge in [0.25, 0.3) is 0 Å². The maximum absolute atomic E-state index is 6.22. The van der Waals surface area contributed by atoms with E-state index in [4.69, 9.17) is 5.73 Å². The van der Waals surface area contributed by atoms with Gasteiger partial charge in [-0.1, -0.05) is 18.6 Å². The van der Waals surface area contributed by atoms with Gasteiger partial charge < -0.3 is 15.5 Å². The van der Waals surface area contributed by atoms with Crippen LogP contribution >= 0.6 is 0 Å². The molecule has 2 aliphatic rings. The second-order valence-electron chi connectivity index (χ2n) is 6.36. The van der Waals surface area contributed by atoms with Crippen LogP contribution < -0.4 is 10.6 Å². The highest BCUT2D eigenvalue weighted by Gasteiger charge is 2.23. The highest BCUT2D eigenvalue weighted by atomic mass is 15.2. The van der Waals surface area contributed by atoms with Crippen LogP contribution in [0.2, 0.25) is 0 Å². The van der Waals surface area contributed by atoms with Crippen molar-refractivity contribution in [2.75, 3.05) is 37.3 Å². The molecule has 1 aromatic carbocycles. The number of likely N-dealkylation sites (tertiary alicyclic amines) is 1. The van der Waals surface area contributed by atoms with E-state index in [9.17, 15) is 0 Å². The summed E-state index contributed by atoms with van der Waals surface area (Å²) < 4.78 is 0. The quantitative estimate of drug-likeness (QED) is 0.860. The largest absolute Gasteiger partial charge is 0.397 e. The van der Waals surface area contributed by atoms with Crippen molar-refractivity contribution in [3.8, 4) is 0 Å². The third-order valence-electron chi connectivity index (χ3n) is 4.99. The summed E-state index contributed by atoms with van der Waals surface area (Å²) in [5.41, 5.74) is 9.93. The number of benzene rings is 1. The Morgan fingerprint density at radius 3 is 2.95 bits per heavy atom. The monoisotopic (exact) mass is 273 g/mol. The van der Waals surface area contributed by atoms with Crippen LogP contribution in [0.25, 0.3) is 0 Å². The van der Waals surface area contributed by atoms with Gasteiger partial charge in [-0.25, -0.2) is 0 Å². The fourth-order valence-corrected chi connectivity index (χ4v) is 3.81. The van der Waals surface area contributed by atoms with Crippen molar-refractivity contribution in [2.24, 2.45) is 0 Å². The van der Waals surface area contributed by atoms with E-state index in [1.807, 2.05) is 6.07 Å². The molecule has 1 aromatic rings. The molecule has 0 aromatic heterocycles. The topological polar surface area (TPSA) is 32.5 Å². The maximum Gasteiger partial charge on any atom is 0.0632 e. The lowest BCUT2D eigenvalue weighted by Crippen LogP contribution is -2.40. The number of para-hydroxylation sites is 1. The van der Waals surface area contributed by atoms with Gasteiger partial charge in [0.2, 0.25) is 0 Å². The van der Waals surface area contributed by atoms with E-state index in [2.05, 4.69) is 29.0 Å². The molecule has 110 valence electrons. The molecule has 3 heteroatoms. The van der Waals surface area contributed by atoms with Gasteiger partial charge in [-0.05, 0) is 57.3 Å². The van der Waals surface area contributed by atoms with Crippen LogP contribution in [0.1, 0.15) is 37.7 Å². The van der Waals surface area contributed by atoms with Crippen molar-refractivity contribution in [3.05, 3.63) is 23.8 Å². The second kappa shape index (κ2) is 6.04. The summed E-state index contributed by atoms with van der Waals surface area (Å²) >= 11 is 0. The average molecular weight is 273 g/mol. The number of anilines is 2. The van der Waals surface area contributed by atoms with Crippen LogP contribution in [0, 0.1) is 0 Å². The van der Waals surface area contributed by atoms with Crippen molar-refractivity contribution in [1.82, 2.24) is 4.90 Å². The van der Waals surface area contributed by atoms with Crippen LogP contribution in [0.3, 0.4) is 0 Å². The fourth-order valence-electron chi connectivity index (χ4n) is 3.81. The van der Waals surface area contributed by atoms with Crippen molar-refractivity contribution in [3.63, 3.8) is 0 Å². The number of aryl methyl sites for hydroxylation is 1. The first-order valence-corrected chi connectivity index (χ1v) is 8.08. The van der Waals surface area contributed by atoms with E-state index in [-0.39, 0.29) is 0 Å². The summed E-state index contributed by atoms with van der Waals surface area (Å²) in [4.78, 5) is 5.07. The number of nitrogens with zero attached hydrogens (tertiary/aromatic N) is 2. The van der Waals surface area contributed by atoms with Gasteiger partial charge in [0.05, 0.1) is 11.4 Å². The van der Waals surface area contributed by atoms with Gasteiger partial charge >= 0.3 is 0 Å². The smallest absolute Gasteiger partial charge is 0.0632 e. The van der Waals surface area contributed by atoms with Crippen LogP contribution in [0.5, 0.6) is 0 Å². The summed E-state index contributed by atoms with van der Waals surface area (Å²) in [5.74, 6) is 0. The summed E-state index contributed by atoms with van der Waals surface area (Å²) in [6.07, 6.45) is 7.84. The maximum atomic E-state index is 6.22. The first kappa shape index (κ1) is 13.7. The molecule has 3 nitrogen and oxygen atoms in total. The van der Waals surface area contributed by atoms with E-state index in [0.29, 0.717) is 0 Å². The third-order valence-corrected chi connectivity index (χ3v) is 4.99. The Labute approximate surface area is 122 Å². The van der Waals surface area contributed by atoms with Gasteiger partial charge in [-0.2, -0.15) is 0 Å². The number of nitrogen functional groups attached to an aromatic ring is 1. The van der Waals surface area contributed by atoms with E-state index < -0.39 is 0 Å². The summed E-state index contributed by atoms with van der Waals surface area (Å²) in [6.45, 7) is 3.58. The van der Waals surface area contributed by atoms with E-state index in [1.165, 1.54) is 56.3 Å². The highest BCUT2D eigenvalue weighted by Crippen LogP contribution is 2.33. The molecule has 0 saturated carbocycles. The number of hydrogen-bond acceptors (Lipinski definition) is 3. The van der Waals surface area contributed by atoms with E-state index in [0.717, 1.165) is 24.8 Å². The Balaban J connectivity index is 1.67. The molecule has 0 amide bonds. The Morgan fingerprint density at radius 1 is 1.20 bits per heavy atom. The molecular weight excluding hydrogens is 246 g/mol. The SMILES string of the molecule is CN1CCCCC1CCN1CCCc2cccc(N)c21. The van der Waals surface area contributed by atoms with E-state index >= 15 is 0 Å². The van der Waals surface area contributed by atoms with E-state index in [1.54, 1.807) is 0 Å². The van der Waals surface area contributed by atoms with Crippen LogP contribution in [-0.2, 0) is 6.42 Å².